The minimum atomic E-state index is -0.936. The molecule has 1 aromatic heterocycles. The van der Waals surface area contributed by atoms with E-state index < -0.39 is 12.0 Å². The third-order valence-electron chi connectivity index (χ3n) is 3.54. The van der Waals surface area contributed by atoms with Gasteiger partial charge in [-0.05, 0) is 12.8 Å². The number of carbonyl (C=O) groups excluding carboxylic acids is 1. The second-order valence-electron chi connectivity index (χ2n) is 4.89. The van der Waals surface area contributed by atoms with Gasteiger partial charge in [0, 0.05) is 12.1 Å². The van der Waals surface area contributed by atoms with E-state index in [0.29, 0.717) is 17.8 Å². The molecule has 3 rings (SSSR count). The lowest BCUT2D eigenvalue weighted by atomic mass is 10.2. The van der Waals surface area contributed by atoms with E-state index >= 15 is 0 Å². The summed E-state index contributed by atoms with van der Waals surface area (Å²) in [5.74, 6) is -1.17. The summed E-state index contributed by atoms with van der Waals surface area (Å²) in [4.78, 5) is 29.8. The number of carboxylic acid groups (broad SMARTS) is 1. The summed E-state index contributed by atoms with van der Waals surface area (Å²) in [6.45, 7) is 0.494. The van der Waals surface area contributed by atoms with E-state index in [0.717, 1.165) is 17.0 Å². The Kier molecular flexibility index (Phi) is 3.70. The highest BCUT2D eigenvalue weighted by atomic mass is 32.1. The van der Waals surface area contributed by atoms with E-state index in [-0.39, 0.29) is 5.91 Å². The second-order valence-corrected chi connectivity index (χ2v) is 5.92. The van der Waals surface area contributed by atoms with Crippen molar-refractivity contribution in [2.24, 2.45) is 0 Å². The Morgan fingerprint density at radius 2 is 2.05 bits per heavy atom. The standard InChI is InChI=1S/C15H14N2O3S/c18-14(17-8-4-7-11(17)15(19)20)12-9-16-13(21-12)10-5-2-1-3-6-10/h1-3,5-6,9,11H,4,7-8H2,(H,19,20)/t11-/m0/s1. The highest BCUT2D eigenvalue weighted by Crippen LogP contribution is 2.28. The Morgan fingerprint density at radius 1 is 1.29 bits per heavy atom. The fourth-order valence-corrected chi connectivity index (χ4v) is 3.37. The van der Waals surface area contributed by atoms with Gasteiger partial charge in [0.15, 0.2) is 0 Å². The van der Waals surface area contributed by atoms with Crippen LogP contribution in [0.25, 0.3) is 10.6 Å². The van der Waals surface area contributed by atoms with Gasteiger partial charge in [0.2, 0.25) is 0 Å². The normalized spacial score (nSPS) is 17.9. The molecule has 1 aliphatic heterocycles. The van der Waals surface area contributed by atoms with Gasteiger partial charge in [0.25, 0.3) is 5.91 Å². The van der Waals surface area contributed by atoms with Crippen LogP contribution < -0.4 is 0 Å². The average Bonchev–Trinajstić information content (AvgIpc) is 3.17. The van der Waals surface area contributed by atoms with E-state index in [1.807, 2.05) is 30.3 Å². The Balaban J connectivity index is 1.83. The van der Waals surface area contributed by atoms with Crippen molar-refractivity contribution in [1.82, 2.24) is 9.88 Å². The maximum absolute atomic E-state index is 12.4. The van der Waals surface area contributed by atoms with Crippen LogP contribution in [-0.2, 0) is 4.79 Å². The maximum Gasteiger partial charge on any atom is 0.326 e. The molecule has 0 aliphatic carbocycles. The molecule has 0 bridgehead atoms. The summed E-state index contributed by atoms with van der Waals surface area (Å²) in [5.41, 5.74) is 0.956. The predicted molar refractivity (Wildman–Crippen MR) is 79.2 cm³/mol. The molecule has 1 aromatic carbocycles. The Morgan fingerprint density at radius 3 is 2.76 bits per heavy atom. The number of hydrogen-bond acceptors (Lipinski definition) is 4. The number of rotatable bonds is 3. The summed E-state index contributed by atoms with van der Waals surface area (Å²) in [6.07, 6.45) is 2.78. The van der Waals surface area contributed by atoms with Crippen LogP contribution in [0.4, 0.5) is 0 Å². The summed E-state index contributed by atoms with van der Waals surface area (Å²) in [7, 11) is 0. The van der Waals surface area contributed by atoms with Crippen molar-refractivity contribution >= 4 is 23.2 Å². The molecule has 1 aliphatic rings. The molecular weight excluding hydrogens is 288 g/mol. The maximum atomic E-state index is 12.4. The van der Waals surface area contributed by atoms with Gasteiger partial charge >= 0.3 is 5.97 Å². The first kappa shape index (κ1) is 13.8. The molecule has 1 amide bonds. The SMILES string of the molecule is O=C(O)[C@@H]1CCCN1C(=O)c1cnc(-c2ccccc2)s1. The molecule has 1 saturated heterocycles. The fraction of sp³-hybridized carbons (Fsp3) is 0.267. The molecule has 0 spiro atoms. The van der Waals surface area contributed by atoms with Crippen molar-refractivity contribution in [2.75, 3.05) is 6.54 Å². The van der Waals surface area contributed by atoms with Gasteiger partial charge in [-0.3, -0.25) is 4.79 Å². The van der Waals surface area contributed by atoms with Crippen LogP contribution in [0.5, 0.6) is 0 Å². The molecule has 6 heteroatoms. The first-order chi connectivity index (χ1) is 10.2. The monoisotopic (exact) mass is 302 g/mol. The topological polar surface area (TPSA) is 70.5 Å². The van der Waals surface area contributed by atoms with Crippen LogP contribution in [0.3, 0.4) is 0 Å². The van der Waals surface area contributed by atoms with Crippen molar-refractivity contribution in [3.63, 3.8) is 0 Å². The van der Waals surface area contributed by atoms with Crippen LogP contribution in [0.2, 0.25) is 0 Å². The van der Waals surface area contributed by atoms with E-state index in [4.69, 9.17) is 5.11 Å². The van der Waals surface area contributed by atoms with Gasteiger partial charge in [-0.15, -0.1) is 11.3 Å². The number of aliphatic carboxylic acids is 1. The van der Waals surface area contributed by atoms with Gasteiger partial charge in [-0.2, -0.15) is 0 Å². The average molecular weight is 302 g/mol. The lowest BCUT2D eigenvalue weighted by molar-refractivity contribution is -0.141. The van der Waals surface area contributed by atoms with E-state index in [2.05, 4.69) is 4.98 Å². The van der Waals surface area contributed by atoms with Crippen LogP contribution in [0.15, 0.2) is 36.5 Å². The molecule has 1 N–H and O–H groups in total. The number of likely N-dealkylation sites (tertiary alicyclic amines) is 1. The van der Waals surface area contributed by atoms with Gasteiger partial charge < -0.3 is 10.0 Å². The number of hydrogen-bond donors (Lipinski definition) is 1. The van der Waals surface area contributed by atoms with Gasteiger partial charge in [-0.1, -0.05) is 30.3 Å². The molecule has 2 aromatic rings. The summed E-state index contributed by atoms with van der Waals surface area (Å²) in [5, 5.41) is 9.93. The molecule has 21 heavy (non-hydrogen) atoms. The van der Waals surface area contributed by atoms with Gasteiger partial charge in [-0.25, -0.2) is 9.78 Å². The Bertz CT molecular complexity index is 669. The lowest BCUT2D eigenvalue weighted by Crippen LogP contribution is -2.40. The minimum Gasteiger partial charge on any atom is -0.480 e. The van der Waals surface area contributed by atoms with E-state index in [1.54, 1.807) is 0 Å². The van der Waals surface area contributed by atoms with Crippen LogP contribution in [0, 0.1) is 0 Å². The zero-order valence-corrected chi connectivity index (χ0v) is 12.0. The van der Waals surface area contributed by atoms with Crippen LogP contribution in [0.1, 0.15) is 22.5 Å². The molecule has 0 saturated carbocycles. The highest BCUT2D eigenvalue weighted by molar-refractivity contribution is 7.16. The number of amides is 1. The molecule has 1 atom stereocenters. The molecule has 1 fully saturated rings. The highest BCUT2D eigenvalue weighted by Gasteiger charge is 2.35. The number of carboxylic acids is 1. The smallest absolute Gasteiger partial charge is 0.326 e. The largest absolute Gasteiger partial charge is 0.480 e. The van der Waals surface area contributed by atoms with Gasteiger partial charge in [0.05, 0.1) is 6.20 Å². The predicted octanol–water partition coefficient (Wildman–Crippen LogP) is 2.50. The first-order valence-corrected chi connectivity index (χ1v) is 7.53. The summed E-state index contributed by atoms with van der Waals surface area (Å²) in [6, 6.07) is 8.91. The molecule has 0 radical (unpaired) electrons. The molecule has 108 valence electrons. The molecule has 2 heterocycles. The van der Waals surface area contributed by atoms with Crippen LogP contribution in [-0.4, -0.2) is 39.5 Å². The second kappa shape index (κ2) is 5.65. The third kappa shape index (κ3) is 2.67. The van der Waals surface area contributed by atoms with Crippen molar-refractivity contribution in [3.8, 4) is 10.6 Å². The van der Waals surface area contributed by atoms with Crippen molar-refractivity contribution in [2.45, 2.75) is 18.9 Å². The zero-order chi connectivity index (χ0) is 14.8. The number of carbonyl (C=O) groups is 2. The molecular formula is C15H14N2O3S. The lowest BCUT2D eigenvalue weighted by Gasteiger charge is -2.20. The van der Waals surface area contributed by atoms with Crippen LogP contribution >= 0.6 is 11.3 Å². The Labute approximate surface area is 125 Å². The Hall–Kier alpha value is -2.21. The zero-order valence-electron chi connectivity index (χ0n) is 11.2. The number of nitrogens with zero attached hydrogens (tertiary/aromatic N) is 2. The van der Waals surface area contributed by atoms with Crippen molar-refractivity contribution in [1.29, 1.82) is 0 Å². The summed E-state index contributed by atoms with van der Waals surface area (Å²) >= 11 is 1.30. The van der Waals surface area contributed by atoms with Gasteiger partial charge in [0.1, 0.15) is 15.9 Å². The first-order valence-electron chi connectivity index (χ1n) is 6.72. The van der Waals surface area contributed by atoms with E-state index in [1.165, 1.54) is 22.4 Å². The fourth-order valence-electron chi connectivity index (χ4n) is 2.50. The van der Waals surface area contributed by atoms with Crippen molar-refractivity contribution in [3.05, 3.63) is 41.4 Å². The quantitative estimate of drug-likeness (QED) is 0.945. The van der Waals surface area contributed by atoms with E-state index in [9.17, 15) is 9.59 Å². The third-order valence-corrected chi connectivity index (χ3v) is 4.57. The van der Waals surface area contributed by atoms with Crippen molar-refractivity contribution < 1.29 is 14.7 Å². The number of benzene rings is 1. The summed E-state index contributed by atoms with van der Waals surface area (Å²) < 4.78 is 0. The minimum absolute atomic E-state index is 0.236. The number of thiazole rings is 1. The molecule has 5 nitrogen and oxygen atoms in total. The number of aromatic nitrogens is 1. The molecule has 0 unspecified atom stereocenters.